The fourth-order valence-electron chi connectivity index (χ4n) is 2.59. The van der Waals surface area contributed by atoms with Gasteiger partial charge in [-0.3, -0.25) is 4.79 Å². The van der Waals surface area contributed by atoms with E-state index in [0.717, 1.165) is 10.4 Å². The van der Waals surface area contributed by atoms with E-state index in [2.05, 4.69) is 0 Å². The number of sulfonamides is 1. The van der Waals surface area contributed by atoms with Crippen LogP contribution in [0, 0.1) is 17.6 Å². The third kappa shape index (κ3) is 2.91. The molecule has 0 amide bonds. The lowest BCUT2D eigenvalue weighted by atomic mass is 9.93. The summed E-state index contributed by atoms with van der Waals surface area (Å²) in [6.07, 6.45) is 1.04. The second kappa shape index (κ2) is 5.69. The summed E-state index contributed by atoms with van der Waals surface area (Å²) in [4.78, 5) is 10.5. The Morgan fingerprint density at radius 3 is 2.67 bits per heavy atom. The first kappa shape index (κ1) is 15.8. The van der Waals surface area contributed by atoms with Gasteiger partial charge in [0.15, 0.2) is 0 Å². The highest BCUT2D eigenvalue weighted by Gasteiger charge is 2.42. The highest BCUT2D eigenvalue weighted by Crippen LogP contribution is 2.30. The second-order valence-electron chi connectivity index (χ2n) is 5.09. The van der Waals surface area contributed by atoms with Gasteiger partial charge >= 0.3 is 5.97 Å². The van der Waals surface area contributed by atoms with E-state index < -0.39 is 44.5 Å². The molecule has 0 bridgehead atoms. The van der Waals surface area contributed by atoms with Crippen LogP contribution >= 0.6 is 0 Å². The first-order valence-corrected chi connectivity index (χ1v) is 7.89. The van der Waals surface area contributed by atoms with Gasteiger partial charge in [-0.1, -0.05) is 6.92 Å². The minimum Gasteiger partial charge on any atom is -0.480 e. The van der Waals surface area contributed by atoms with Crippen molar-refractivity contribution in [2.75, 3.05) is 6.54 Å². The molecule has 0 radical (unpaired) electrons. The predicted molar refractivity (Wildman–Crippen MR) is 70.1 cm³/mol. The molecule has 1 aromatic carbocycles. The minimum atomic E-state index is -4.40. The van der Waals surface area contributed by atoms with Crippen LogP contribution in [0.2, 0.25) is 0 Å². The highest BCUT2D eigenvalue weighted by molar-refractivity contribution is 7.89. The van der Waals surface area contributed by atoms with Crippen molar-refractivity contribution in [3.8, 4) is 0 Å². The van der Waals surface area contributed by atoms with E-state index in [1.807, 2.05) is 0 Å². The third-order valence-corrected chi connectivity index (χ3v) is 5.52. The summed E-state index contributed by atoms with van der Waals surface area (Å²) in [5.74, 6) is -3.68. The summed E-state index contributed by atoms with van der Waals surface area (Å²) in [6, 6.07) is 0.821. The van der Waals surface area contributed by atoms with Crippen LogP contribution < -0.4 is 0 Å². The van der Waals surface area contributed by atoms with Crippen LogP contribution in [0.4, 0.5) is 8.78 Å². The van der Waals surface area contributed by atoms with E-state index in [1.54, 1.807) is 6.92 Å². The van der Waals surface area contributed by atoms with Crippen LogP contribution in [0.25, 0.3) is 0 Å². The molecule has 0 spiro atoms. The average Bonchev–Trinajstić information content (AvgIpc) is 2.40. The Morgan fingerprint density at radius 2 is 2.05 bits per heavy atom. The monoisotopic (exact) mass is 319 g/mol. The van der Waals surface area contributed by atoms with Gasteiger partial charge in [-0.05, 0) is 37.0 Å². The molecular weight excluding hydrogens is 304 g/mol. The van der Waals surface area contributed by atoms with Crippen LogP contribution in [-0.2, 0) is 14.8 Å². The van der Waals surface area contributed by atoms with E-state index in [1.165, 1.54) is 0 Å². The third-order valence-electron chi connectivity index (χ3n) is 3.62. The summed E-state index contributed by atoms with van der Waals surface area (Å²) in [5, 5.41) is 9.24. The van der Waals surface area contributed by atoms with Crippen LogP contribution in [0.3, 0.4) is 0 Å². The summed E-state index contributed by atoms with van der Waals surface area (Å²) < 4.78 is 52.6. The lowest BCUT2D eigenvalue weighted by Crippen LogP contribution is -2.51. The maximum atomic E-state index is 13.7. The van der Waals surface area contributed by atoms with Crippen molar-refractivity contribution in [1.29, 1.82) is 0 Å². The van der Waals surface area contributed by atoms with Crippen LogP contribution in [0.15, 0.2) is 23.1 Å². The van der Waals surface area contributed by atoms with Gasteiger partial charge in [-0.2, -0.15) is 4.31 Å². The van der Waals surface area contributed by atoms with Crippen molar-refractivity contribution in [2.24, 2.45) is 5.92 Å². The van der Waals surface area contributed by atoms with Crippen molar-refractivity contribution < 1.29 is 27.1 Å². The van der Waals surface area contributed by atoms with E-state index in [9.17, 15) is 27.1 Å². The van der Waals surface area contributed by atoms with Crippen LogP contribution in [0.5, 0.6) is 0 Å². The topological polar surface area (TPSA) is 74.7 Å². The first-order chi connectivity index (χ1) is 9.75. The van der Waals surface area contributed by atoms with Gasteiger partial charge in [0.2, 0.25) is 10.0 Å². The SMILES string of the molecule is CC1CCCN(S(=O)(=O)c2cc(F)ccc2F)C1C(=O)O. The number of carbonyl (C=O) groups is 1. The quantitative estimate of drug-likeness (QED) is 0.922. The largest absolute Gasteiger partial charge is 0.480 e. The fourth-order valence-corrected chi connectivity index (χ4v) is 4.38. The molecule has 21 heavy (non-hydrogen) atoms. The Labute approximate surface area is 121 Å². The molecule has 2 atom stereocenters. The van der Waals surface area contributed by atoms with E-state index >= 15 is 0 Å². The van der Waals surface area contributed by atoms with Crippen molar-refractivity contribution >= 4 is 16.0 Å². The molecule has 0 saturated carbocycles. The second-order valence-corrected chi connectivity index (χ2v) is 6.95. The molecule has 0 aliphatic carbocycles. The Balaban J connectivity index is 2.51. The van der Waals surface area contributed by atoms with Gasteiger partial charge in [-0.25, -0.2) is 17.2 Å². The number of benzene rings is 1. The van der Waals surface area contributed by atoms with E-state index in [-0.39, 0.29) is 6.54 Å². The fraction of sp³-hybridized carbons (Fsp3) is 0.462. The van der Waals surface area contributed by atoms with Gasteiger partial charge in [0.25, 0.3) is 0 Å². The number of piperidine rings is 1. The first-order valence-electron chi connectivity index (χ1n) is 6.45. The Kier molecular flexibility index (Phi) is 4.29. The Hall–Kier alpha value is -1.54. The Bertz CT molecular complexity index is 662. The van der Waals surface area contributed by atoms with Gasteiger partial charge < -0.3 is 5.11 Å². The molecule has 1 saturated heterocycles. The maximum absolute atomic E-state index is 13.7. The van der Waals surface area contributed by atoms with Crippen molar-refractivity contribution in [1.82, 2.24) is 4.31 Å². The predicted octanol–water partition coefficient (Wildman–Crippen LogP) is 1.84. The summed E-state index contributed by atoms with van der Waals surface area (Å²) in [6.45, 7) is 1.60. The Morgan fingerprint density at radius 1 is 1.38 bits per heavy atom. The molecule has 116 valence electrons. The van der Waals surface area contributed by atoms with E-state index in [4.69, 9.17) is 0 Å². The van der Waals surface area contributed by atoms with Crippen molar-refractivity contribution in [3.05, 3.63) is 29.8 Å². The zero-order chi connectivity index (χ0) is 15.8. The zero-order valence-corrected chi connectivity index (χ0v) is 12.1. The lowest BCUT2D eigenvalue weighted by Gasteiger charge is -2.36. The van der Waals surface area contributed by atoms with E-state index in [0.29, 0.717) is 25.0 Å². The minimum absolute atomic E-state index is 0.0282. The van der Waals surface area contributed by atoms with Crippen molar-refractivity contribution in [2.45, 2.75) is 30.7 Å². The molecule has 1 N–H and O–H groups in total. The summed E-state index contributed by atoms with van der Waals surface area (Å²) >= 11 is 0. The molecule has 1 aliphatic rings. The van der Waals surface area contributed by atoms with Crippen LogP contribution in [0.1, 0.15) is 19.8 Å². The number of aliphatic carboxylic acids is 1. The molecule has 1 aromatic rings. The van der Waals surface area contributed by atoms with Gasteiger partial charge in [0.05, 0.1) is 0 Å². The number of carboxylic acid groups (broad SMARTS) is 1. The number of halogens is 2. The van der Waals surface area contributed by atoms with Crippen LogP contribution in [-0.4, -0.2) is 36.4 Å². The number of hydrogen-bond donors (Lipinski definition) is 1. The average molecular weight is 319 g/mol. The van der Waals surface area contributed by atoms with Gasteiger partial charge in [-0.15, -0.1) is 0 Å². The number of nitrogens with zero attached hydrogens (tertiary/aromatic N) is 1. The van der Waals surface area contributed by atoms with Gasteiger partial charge in [0, 0.05) is 6.54 Å². The normalized spacial score (nSPS) is 24.0. The molecule has 5 nitrogen and oxygen atoms in total. The standard InChI is InChI=1S/C13H15F2NO4S/c1-8-3-2-6-16(12(8)13(17)18)21(19,20)11-7-9(14)4-5-10(11)15/h4-5,7-8,12H,2-3,6H2,1H3,(H,17,18). The van der Waals surface area contributed by atoms with Gasteiger partial charge in [0.1, 0.15) is 22.6 Å². The molecule has 1 fully saturated rings. The molecule has 1 heterocycles. The number of rotatable bonds is 3. The lowest BCUT2D eigenvalue weighted by molar-refractivity contribution is -0.144. The molecule has 0 aromatic heterocycles. The summed E-state index contributed by atoms with van der Waals surface area (Å²) in [5.41, 5.74) is 0. The molecule has 2 rings (SSSR count). The molecular formula is C13H15F2NO4S. The summed E-state index contributed by atoms with van der Waals surface area (Å²) in [7, 11) is -4.40. The van der Waals surface area contributed by atoms with Crippen molar-refractivity contribution in [3.63, 3.8) is 0 Å². The highest BCUT2D eigenvalue weighted by atomic mass is 32.2. The molecule has 8 heteroatoms. The number of hydrogen-bond acceptors (Lipinski definition) is 3. The zero-order valence-electron chi connectivity index (χ0n) is 11.3. The smallest absolute Gasteiger partial charge is 0.322 e. The number of carboxylic acids is 1. The molecule has 1 aliphatic heterocycles. The maximum Gasteiger partial charge on any atom is 0.322 e. The molecule has 2 unspecified atom stereocenters.